The minimum absolute atomic E-state index is 0.111. The zero-order valence-electron chi connectivity index (χ0n) is 14.1. The van der Waals surface area contributed by atoms with Gasteiger partial charge in [0.2, 0.25) is 0 Å². The average Bonchev–Trinajstić information content (AvgIpc) is 2.91. The third-order valence-corrected chi connectivity index (χ3v) is 4.40. The zero-order valence-corrected chi connectivity index (χ0v) is 14.1. The fourth-order valence-corrected chi connectivity index (χ4v) is 3.05. The van der Waals surface area contributed by atoms with Gasteiger partial charge in [-0.2, -0.15) is 0 Å². The molecule has 0 bridgehead atoms. The van der Waals surface area contributed by atoms with Gasteiger partial charge in [0.25, 0.3) is 0 Å². The summed E-state index contributed by atoms with van der Waals surface area (Å²) in [5.74, 6) is 0.0592. The van der Waals surface area contributed by atoms with Crippen molar-refractivity contribution in [1.29, 1.82) is 0 Å². The molecule has 0 amide bonds. The van der Waals surface area contributed by atoms with Crippen molar-refractivity contribution >= 4 is 11.8 Å². The van der Waals surface area contributed by atoms with Crippen LogP contribution in [0.1, 0.15) is 64.2 Å². The molecule has 0 aromatic rings. The van der Waals surface area contributed by atoms with Crippen molar-refractivity contribution < 1.29 is 23.8 Å². The van der Waals surface area contributed by atoms with Gasteiger partial charge in [-0.3, -0.25) is 9.59 Å². The van der Waals surface area contributed by atoms with Crippen molar-refractivity contribution in [2.45, 2.75) is 76.6 Å². The number of ether oxygens (including phenoxy) is 3. The summed E-state index contributed by atoms with van der Waals surface area (Å²) < 4.78 is 16.0. The van der Waals surface area contributed by atoms with Crippen LogP contribution in [0.2, 0.25) is 0 Å². The maximum atomic E-state index is 12.0. The zero-order chi connectivity index (χ0) is 16.5. The van der Waals surface area contributed by atoms with Crippen LogP contribution in [0.5, 0.6) is 0 Å². The molecule has 1 fully saturated rings. The first-order valence-corrected chi connectivity index (χ1v) is 8.77. The molecule has 130 valence electrons. The van der Waals surface area contributed by atoms with Gasteiger partial charge in [-0.05, 0) is 50.2 Å². The molecule has 0 aromatic heterocycles. The molecule has 1 aliphatic carbocycles. The van der Waals surface area contributed by atoms with Crippen LogP contribution in [0.15, 0.2) is 11.6 Å². The third kappa shape index (κ3) is 6.43. The summed E-state index contributed by atoms with van der Waals surface area (Å²) in [6.45, 7) is 0.757. The molecule has 0 unspecified atom stereocenters. The van der Waals surface area contributed by atoms with Crippen LogP contribution in [0.4, 0.5) is 0 Å². The number of carbonyl (C=O) groups is 2. The van der Waals surface area contributed by atoms with E-state index in [2.05, 4.69) is 4.74 Å². The van der Waals surface area contributed by atoms with Crippen LogP contribution in [0.3, 0.4) is 0 Å². The number of rotatable bonds is 9. The SMILES string of the molecule is COC(=O)CCCCCCC1=C[C@H](O[C@H]2CCCCO2)CC1=O. The molecular weight excluding hydrogens is 296 g/mol. The Morgan fingerprint density at radius 2 is 2.09 bits per heavy atom. The molecule has 0 saturated carbocycles. The molecule has 1 saturated heterocycles. The number of Topliss-reactive ketones (excluding diaryl/α,β-unsaturated/α-hetero) is 1. The Morgan fingerprint density at radius 3 is 2.83 bits per heavy atom. The standard InChI is InChI=1S/C18H28O5/c1-21-17(20)9-5-3-2-4-8-14-12-15(13-16(14)19)23-18-10-6-7-11-22-18/h12,15,18H,2-11,13H2,1H3/t15-,18-/m0/s1. The highest BCUT2D eigenvalue weighted by molar-refractivity contribution is 5.98. The highest BCUT2D eigenvalue weighted by Crippen LogP contribution is 2.25. The van der Waals surface area contributed by atoms with E-state index in [4.69, 9.17) is 9.47 Å². The van der Waals surface area contributed by atoms with E-state index in [9.17, 15) is 9.59 Å². The molecule has 0 N–H and O–H groups in total. The van der Waals surface area contributed by atoms with Crippen molar-refractivity contribution in [1.82, 2.24) is 0 Å². The van der Waals surface area contributed by atoms with Gasteiger partial charge in [0.15, 0.2) is 12.1 Å². The molecule has 0 spiro atoms. The van der Waals surface area contributed by atoms with Gasteiger partial charge >= 0.3 is 5.97 Å². The predicted molar refractivity (Wildman–Crippen MR) is 85.9 cm³/mol. The number of allylic oxidation sites excluding steroid dienone is 1. The Labute approximate surface area is 138 Å². The van der Waals surface area contributed by atoms with Gasteiger partial charge in [-0.15, -0.1) is 0 Å². The number of carbonyl (C=O) groups excluding carboxylic acids is 2. The van der Waals surface area contributed by atoms with Crippen LogP contribution in [0, 0.1) is 0 Å². The van der Waals surface area contributed by atoms with Crippen LogP contribution >= 0.6 is 0 Å². The van der Waals surface area contributed by atoms with Crippen LogP contribution in [-0.4, -0.2) is 37.9 Å². The van der Waals surface area contributed by atoms with Crippen LogP contribution in [0.25, 0.3) is 0 Å². The van der Waals surface area contributed by atoms with E-state index >= 15 is 0 Å². The van der Waals surface area contributed by atoms with Crippen LogP contribution < -0.4 is 0 Å². The summed E-state index contributed by atoms with van der Waals surface area (Å²) in [5.41, 5.74) is 0.902. The molecule has 0 aromatic carbocycles. The summed E-state index contributed by atoms with van der Waals surface area (Å²) in [4.78, 5) is 23.0. The number of methoxy groups -OCH3 is 1. The molecule has 1 heterocycles. The maximum absolute atomic E-state index is 12.0. The summed E-state index contributed by atoms with van der Waals surface area (Å²) in [6, 6.07) is 0. The summed E-state index contributed by atoms with van der Waals surface area (Å²) in [7, 11) is 1.41. The maximum Gasteiger partial charge on any atom is 0.305 e. The highest BCUT2D eigenvalue weighted by atomic mass is 16.7. The lowest BCUT2D eigenvalue weighted by molar-refractivity contribution is -0.178. The Balaban J connectivity index is 1.61. The molecule has 5 nitrogen and oxygen atoms in total. The Morgan fingerprint density at radius 1 is 1.26 bits per heavy atom. The van der Waals surface area contributed by atoms with E-state index < -0.39 is 0 Å². The first-order valence-electron chi connectivity index (χ1n) is 8.77. The number of hydrogen-bond acceptors (Lipinski definition) is 5. The van der Waals surface area contributed by atoms with E-state index in [0.29, 0.717) is 12.8 Å². The topological polar surface area (TPSA) is 61.8 Å². The summed E-state index contributed by atoms with van der Waals surface area (Å²) in [6.07, 6.45) is 10.5. The fraction of sp³-hybridized carbons (Fsp3) is 0.778. The normalized spacial score (nSPS) is 24.6. The Hall–Kier alpha value is -1.20. The Bertz CT molecular complexity index is 423. The monoisotopic (exact) mass is 324 g/mol. The molecule has 0 radical (unpaired) electrons. The van der Waals surface area contributed by atoms with E-state index in [-0.39, 0.29) is 24.1 Å². The molecular formula is C18H28O5. The summed E-state index contributed by atoms with van der Waals surface area (Å²) >= 11 is 0. The second kappa shape index (κ2) is 9.83. The lowest BCUT2D eigenvalue weighted by Crippen LogP contribution is -2.26. The highest BCUT2D eigenvalue weighted by Gasteiger charge is 2.27. The smallest absolute Gasteiger partial charge is 0.305 e. The van der Waals surface area contributed by atoms with E-state index in [1.807, 2.05) is 6.08 Å². The quantitative estimate of drug-likeness (QED) is 0.481. The van der Waals surface area contributed by atoms with Crippen LogP contribution in [-0.2, 0) is 23.8 Å². The fourth-order valence-electron chi connectivity index (χ4n) is 3.05. The van der Waals surface area contributed by atoms with E-state index in [0.717, 1.165) is 63.5 Å². The lowest BCUT2D eigenvalue weighted by atomic mass is 10.0. The second-order valence-corrected chi connectivity index (χ2v) is 6.28. The molecule has 2 aliphatic rings. The summed E-state index contributed by atoms with van der Waals surface area (Å²) in [5, 5.41) is 0. The number of unbranched alkanes of at least 4 members (excludes halogenated alkanes) is 3. The minimum atomic E-state index is -0.149. The van der Waals surface area contributed by atoms with Gasteiger partial charge < -0.3 is 14.2 Å². The first-order chi connectivity index (χ1) is 11.2. The van der Waals surface area contributed by atoms with Gasteiger partial charge in [-0.1, -0.05) is 12.8 Å². The minimum Gasteiger partial charge on any atom is -0.469 e. The lowest BCUT2D eigenvalue weighted by Gasteiger charge is -2.24. The van der Waals surface area contributed by atoms with Crippen molar-refractivity contribution in [2.75, 3.05) is 13.7 Å². The van der Waals surface area contributed by atoms with Gasteiger partial charge in [-0.25, -0.2) is 0 Å². The second-order valence-electron chi connectivity index (χ2n) is 6.28. The van der Waals surface area contributed by atoms with Gasteiger partial charge in [0.05, 0.1) is 13.2 Å². The largest absolute Gasteiger partial charge is 0.469 e. The molecule has 5 heteroatoms. The van der Waals surface area contributed by atoms with E-state index in [1.165, 1.54) is 7.11 Å². The van der Waals surface area contributed by atoms with Crippen molar-refractivity contribution in [3.8, 4) is 0 Å². The Kier molecular flexibility index (Phi) is 7.76. The molecule has 23 heavy (non-hydrogen) atoms. The van der Waals surface area contributed by atoms with Crippen molar-refractivity contribution in [3.63, 3.8) is 0 Å². The average molecular weight is 324 g/mol. The van der Waals surface area contributed by atoms with Gasteiger partial charge in [0.1, 0.15) is 0 Å². The van der Waals surface area contributed by atoms with E-state index in [1.54, 1.807) is 0 Å². The van der Waals surface area contributed by atoms with Crippen molar-refractivity contribution in [2.24, 2.45) is 0 Å². The molecule has 1 aliphatic heterocycles. The predicted octanol–water partition coefficient (Wildman–Crippen LogP) is 3.31. The number of hydrogen-bond donors (Lipinski definition) is 0. The molecule has 2 atom stereocenters. The third-order valence-electron chi connectivity index (χ3n) is 4.40. The molecule has 2 rings (SSSR count). The number of esters is 1. The number of ketones is 1. The van der Waals surface area contributed by atoms with Crippen molar-refractivity contribution in [3.05, 3.63) is 11.6 Å². The van der Waals surface area contributed by atoms with Gasteiger partial charge in [0, 0.05) is 19.4 Å². The first kappa shape index (κ1) is 18.1.